The quantitative estimate of drug-likeness (QED) is 0.749. The highest BCUT2D eigenvalue weighted by atomic mass is 32.1. The van der Waals surface area contributed by atoms with Crippen LogP contribution in [-0.4, -0.2) is 15.4 Å². The molecule has 0 bridgehead atoms. The summed E-state index contributed by atoms with van der Waals surface area (Å²) in [6, 6.07) is 1.92. The largest absolute Gasteiger partial charge is 0.481 e. The molecular formula is C7H9NO2S. The summed E-state index contributed by atoms with van der Waals surface area (Å²) < 4.78 is 4.07. The van der Waals surface area contributed by atoms with Crippen molar-refractivity contribution in [2.75, 3.05) is 0 Å². The van der Waals surface area contributed by atoms with Gasteiger partial charge in [-0.3, -0.25) is 4.79 Å². The van der Waals surface area contributed by atoms with Gasteiger partial charge in [0, 0.05) is 11.3 Å². The number of aromatic nitrogens is 1. The van der Waals surface area contributed by atoms with E-state index in [0.29, 0.717) is 6.42 Å². The summed E-state index contributed by atoms with van der Waals surface area (Å²) in [5.74, 6) is -0.768. The fraction of sp³-hybridized carbons (Fsp3) is 0.429. The third kappa shape index (κ3) is 2.67. The summed E-state index contributed by atoms with van der Waals surface area (Å²) >= 11 is 1.41. The number of rotatable bonds is 3. The molecule has 1 aromatic rings. The minimum atomic E-state index is -0.768. The summed E-state index contributed by atoms with van der Waals surface area (Å²) in [5.41, 5.74) is 0.884. The van der Waals surface area contributed by atoms with Crippen LogP contribution >= 0.6 is 11.5 Å². The van der Waals surface area contributed by atoms with Crippen molar-refractivity contribution in [1.82, 2.24) is 4.37 Å². The van der Waals surface area contributed by atoms with Crippen LogP contribution in [0.2, 0.25) is 0 Å². The van der Waals surface area contributed by atoms with Crippen molar-refractivity contribution in [2.24, 2.45) is 0 Å². The molecular weight excluding hydrogens is 162 g/mol. The van der Waals surface area contributed by atoms with Crippen molar-refractivity contribution in [3.63, 3.8) is 0 Å². The Hall–Kier alpha value is -0.900. The van der Waals surface area contributed by atoms with Crippen LogP contribution in [0.5, 0.6) is 0 Å². The molecule has 0 aliphatic rings. The minimum absolute atomic E-state index is 0.170. The van der Waals surface area contributed by atoms with Crippen molar-refractivity contribution < 1.29 is 9.90 Å². The van der Waals surface area contributed by atoms with Crippen molar-refractivity contribution in [1.29, 1.82) is 0 Å². The molecule has 11 heavy (non-hydrogen) atoms. The lowest BCUT2D eigenvalue weighted by molar-refractivity contribution is -0.136. The van der Waals surface area contributed by atoms with Gasteiger partial charge in [0.05, 0.1) is 12.1 Å². The molecule has 0 atom stereocenters. The zero-order chi connectivity index (χ0) is 8.27. The van der Waals surface area contributed by atoms with Gasteiger partial charge in [-0.15, -0.1) is 0 Å². The van der Waals surface area contributed by atoms with E-state index >= 15 is 0 Å². The number of aryl methyl sites for hydroxylation is 2. The second kappa shape index (κ2) is 3.48. The molecule has 60 valence electrons. The normalized spacial score (nSPS) is 9.91. The molecule has 0 aliphatic carbocycles. The van der Waals surface area contributed by atoms with Crippen LogP contribution in [0.3, 0.4) is 0 Å². The SMILES string of the molecule is Cc1cc(CCC(=O)O)ns1. The summed E-state index contributed by atoms with van der Waals surface area (Å²) in [5, 5.41) is 8.36. The first-order valence-electron chi connectivity index (χ1n) is 3.32. The number of carboxylic acid groups (broad SMARTS) is 1. The lowest BCUT2D eigenvalue weighted by Gasteiger charge is -1.88. The molecule has 1 aromatic heterocycles. The van der Waals surface area contributed by atoms with E-state index in [-0.39, 0.29) is 6.42 Å². The molecule has 0 fully saturated rings. The monoisotopic (exact) mass is 171 g/mol. The molecule has 0 spiro atoms. The first-order valence-corrected chi connectivity index (χ1v) is 4.10. The maximum Gasteiger partial charge on any atom is 0.303 e. The fourth-order valence-corrected chi connectivity index (χ4v) is 1.36. The van der Waals surface area contributed by atoms with Crippen LogP contribution in [0.25, 0.3) is 0 Å². The highest BCUT2D eigenvalue weighted by Crippen LogP contribution is 2.09. The topological polar surface area (TPSA) is 50.2 Å². The third-order valence-corrected chi connectivity index (χ3v) is 2.00. The smallest absolute Gasteiger partial charge is 0.303 e. The second-order valence-electron chi connectivity index (χ2n) is 2.32. The Morgan fingerprint density at radius 2 is 2.55 bits per heavy atom. The standard InChI is InChI=1S/C7H9NO2S/c1-5-4-6(8-11-5)2-3-7(9)10/h4H,2-3H2,1H3,(H,9,10). The fourth-order valence-electron chi connectivity index (χ4n) is 0.771. The zero-order valence-electron chi connectivity index (χ0n) is 6.20. The molecule has 0 aromatic carbocycles. The maximum atomic E-state index is 10.2. The number of aliphatic carboxylic acids is 1. The van der Waals surface area contributed by atoms with Crippen LogP contribution in [0.4, 0.5) is 0 Å². The second-order valence-corrected chi connectivity index (χ2v) is 3.33. The predicted octanol–water partition coefficient (Wildman–Crippen LogP) is 1.47. The van der Waals surface area contributed by atoms with Crippen LogP contribution < -0.4 is 0 Å². The van der Waals surface area contributed by atoms with E-state index in [1.807, 2.05) is 13.0 Å². The van der Waals surface area contributed by atoms with Crippen molar-refractivity contribution >= 4 is 17.5 Å². The number of nitrogens with zero attached hydrogens (tertiary/aromatic N) is 1. The Kier molecular flexibility index (Phi) is 2.59. The number of hydrogen-bond acceptors (Lipinski definition) is 3. The van der Waals surface area contributed by atoms with E-state index in [1.165, 1.54) is 11.5 Å². The van der Waals surface area contributed by atoms with Gasteiger partial charge in [0.2, 0.25) is 0 Å². The number of hydrogen-bond donors (Lipinski definition) is 1. The first-order chi connectivity index (χ1) is 5.18. The third-order valence-electron chi connectivity index (χ3n) is 1.27. The Balaban J connectivity index is 2.45. The average Bonchev–Trinajstić information content (AvgIpc) is 2.31. The van der Waals surface area contributed by atoms with Gasteiger partial charge in [-0.1, -0.05) is 0 Å². The van der Waals surface area contributed by atoms with Crippen LogP contribution in [0.1, 0.15) is 17.0 Å². The van der Waals surface area contributed by atoms with Gasteiger partial charge in [-0.2, -0.15) is 4.37 Å². The molecule has 0 radical (unpaired) electrons. The average molecular weight is 171 g/mol. The van der Waals surface area contributed by atoms with Crippen LogP contribution in [0, 0.1) is 6.92 Å². The zero-order valence-corrected chi connectivity index (χ0v) is 7.02. The van der Waals surface area contributed by atoms with Gasteiger partial charge in [0.25, 0.3) is 0 Å². The molecule has 0 aliphatic heterocycles. The lowest BCUT2D eigenvalue weighted by Crippen LogP contribution is -1.96. The molecule has 0 unspecified atom stereocenters. The Morgan fingerprint density at radius 1 is 1.82 bits per heavy atom. The Bertz CT molecular complexity index is 257. The van der Waals surface area contributed by atoms with Gasteiger partial charge in [0.15, 0.2) is 0 Å². The van der Waals surface area contributed by atoms with E-state index in [2.05, 4.69) is 4.37 Å². The maximum absolute atomic E-state index is 10.2. The number of carboxylic acids is 1. The molecule has 1 rings (SSSR count). The van der Waals surface area contributed by atoms with E-state index in [0.717, 1.165) is 10.6 Å². The summed E-state index contributed by atoms with van der Waals surface area (Å²) in [6.45, 7) is 1.96. The molecule has 0 saturated carbocycles. The van der Waals surface area contributed by atoms with Gasteiger partial charge in [0.1, 0.15) is 0 Å². The molecule has 4 heteroatoms. The summed E-state index contributed by atoms with van der Waals surface area (Å²) in [7, 11) is 0. The van der Waals surface area contributed by atoms with Crippen LogP contribution in [-0.2, 0) is 11.2 Å². The van der Waals surface area contributed by atoms with Gasteiger partial charge >= 0.3 is 5.97 Å². The number of carbonyl (C=O) groups is 1. The van der Waals surface area contributed by atoms with Crippen molar-refractivity contribution in [3.8, 4) is 0 Å². The Morgan fingerprint density at radius 3 is 3.00 bits per heavy atom. The van der Waals surface area contributed by atoms with Gasteiger partial charge in [-0.05, 0) is 24.5 Å². The molecule has 1 N–H and O–H groups in total. The van der Waals surface area contributed by atoms with E-state index in [9.17, 15) is 4.79 Å². The van der Waals surface area contributed by atoms with E-state index in [4.69, 9.17) is 5.11 Å². The van der Waals surface area contributed by atoms with Gasteiger partial charge < -0.3 is 5.11 Å². The lowest BCUT2D eigenvalue weighted by atomic mass is 10.2. The molecule has 3 nitrogen and oxygen atoms in total. The van der Waals surface area contributed by atoms with Crippen LogP contribution in [0.15, 0.2) is 6.07 Å². The Labute approximate surface area is 68.8 Å². The summed E-state index contributed by atoms with van der Waals surface area (Å²) in [4.78, 5) is 11.3. The van der Waals surface area contributed by atoms with Crippen molar-refractivity contribution in [2.45, 2.75) is 19.8 Å². The molecule has 0 saturated heterocycles. The van der Waals surface area contributed by atoms with Gasteiger partial charge in [-0.25, -0.2) is 0 Å². The molecule has 0 amide bonds. The van der Waals surface area contributed by atoms with Crippen molar-refractivity contribution in [3.05, 3.63) is 16.6 Å². The molecule has 1 heterocycles. The highest BCUT2D eigenvalue weighted by Gasteiger charge is 2.01. The van der Waals surface area contributed by atoms with E-state index in [1.54, 1.807) is 0 Å². The predicted molar refractivity (Wildman–Crippen MR) is 42.8 cm³/mol. The summed E-state index contributed by atoms with van der Waals surface area (Å²) in [6.07, 6.45) is 0.711. The van der Waals surface area contributed by atoms with E-state index < -0.39 is 5.97 Å². The first kappa shape index (κ1) is 8.20. The highest BCUT2D eigenvalue weighted by molar-refractivity contribution is 7.05. The minimum Gasteiger partial charge on any atom is -0.481 e.